The van der Waals surface area contributed by atoms with Crippen molar-refractivity contribution < 1.29 is 9.59 Å². The molecule has 0 spiro atoms. The van der Waals surface area contributed by atoms with Gasteiger partial charge in [0.1, 0.15) is 0 Å². The van der Waals surface area contributed by atoms with E-state index in [1.807, 2.05) is 11.8 Å². The van der Waals surface area contributed by atoms with Gasteiger partial charge in [-0.15, -0.1) is 12.4 Å². The lowest BCUT2D eigenvalue weighted by molar-refractivity contribution is -0.128. The van der Waals surface area contributed by atoms with Gasteiger partial charge in [0.05, 0.1) is 6.54 Å². The number of carbonyl (C=O) groups excluding carboxylic acids is 2. The van der Waals surface area contributed by atoms with E-state index in [0.29, 0.717) is 19.5 Å². The number of nitrogens with one attached hydrogen (secondary N) is 2. The summed E-state index contributed by atoms with van der Waals surface area (Å²) >= 11 is 0. The van der Waals surface area contributed by atoms with Crippen LogP contribution >= 0.6 is 12.4 Å². The van der Waals surface area contributed by atoms with Gasteiger partial charge in [0, 0.05) is 25.6 Å². The molecule has 1 aliphatic heterocycles. The van der Waals surface area contributed by atoms with Crippen LogP contribution < -0.4 is 10.6 Å². The SMILES string of the molecule is CC(CN1CCCC1=O)NC(=O)CNCC1CC1.Cl. The van der Waals surface area contributed by atoms with E-state index in [1.165, 1.54) is 12.8 Å². The number of hydrogen-bond acceptors (Lipinski definition) is 3. The molecule has 19 heavy (non-hydrogen) atoms. The Morgan fingerprint density at radius 2 is 2.21 bits per heavy atom. The first-order chi connectivity index (χ1) is 8.65. The summed E-state index contributed by atoms with van der Waals surface area (Å²) in [4.78, 5) is 24.9. The van der Waals surface area contributed by atoms with E-state index in [4.69, 9.17) is 0 Å². The standard InChI is InChI=1S/C13H23N3O2.ClH/c1-10(9-16-6-2-3-13(16)18)15-12(17)8-14-7-11-4-5-11;/h10-11,14H,2-9H2,1H3,(H,15,17);1H. The summed E-state index contributed by atoms with van der Waals surface area (Å²) in [6.07, 6.45) is 4.19. The maximum Gasteiger partial charge on any atom is 0.234 e. The van der Waals surface area contributed by atoms with E-state index >= 15 is 0 Å². The van der Waals surface area contributed by atoms with Crippen molar-refractivity contribution in [2.45, 2.75) is 38.6 Å². The van der Waals surface area contributed by atoms with Crippen molar-refractivity contribution in [3.05, 3.63) is 0 Å². The van der Waals surface area contributed by atoms with Gasteiger partial charge >= 0.3 is 0 Å². The Bertz CT molecular complexity index is 321. The van der Waals surface area contributed by atoms with E-state index in [9.17, 15) is 9.59 Å². The van der Waals surface area contributed by atoms with E-state index in [0.717, 1.165) is 25.4 Å². The van der Waals surface area contributed by atoms with Crippen molar-refractivity contribution >= 4 is 24.2 Å². The quantitative estimate of drug-likeness (QED) is 0.719. The first kappa shape index (κ1) is 16.2. The zero-order valence-electron chi connectivity index (χ0n) is 11.5. The van der Waals surface area contributed by atoms with Gasteiger partial charge in [-0.3, -0.25) is 9.59 Å². The van der Waals surface area contributed by atoms with E-state index in [1.54, 1.807) is 0 Å². The second-order valence-electron chi connectivity index (χ2n) is 5.49. The molecule has 0 aromatic heterocycles. The molecule has 2 aliphatic rings. The first-order valence-corrected chi connectivity index (χ1v) is 6.93. The predicted molar refractivity (Wildman–Crippen MR) is 76.3 cm³/mol. The molecule has 110 valence electrons. The van der Waals surface area contributed by atoms with Crippen molar-refractivity contribution in [2.24, 2.45) is 5.92 Å². The van der Waals surface area contributed by atoms with Gasteiger partial charge in [-0.05, 0) is 38.6 Å². The summed E-state index contributed by atoms with van der Waals surface area (Å²) in [6, 6.07) is 0.0299. The summed E-state index contributed by atoms with van der Waals surface area (Å²) in [7, 11) is 0. The van der Waals surface area contributed by atoms with Crippen molar-refractivity contribution in [3.8, 4) is 0 Å². The van der Waals surface area contributed by atoms with E-state index < -0.39 is 0 Å². The molecule has 1 atom stereocenters. The maximum absolute atomic E-state index is 11.6. The summed E-state index contributed by atoms with van der Waals surface area (Å²) < 4.78 is 0. The molecular weight excluding hydrogens is 266 g/mol. The van der Waals surface area contributed by atoms with Crippen LogP contribution in [0.15, 0.2) is 0 Å². The van der Waals surface area contributed by atoms with Crippen molar-refractivity contribution in [1.82, 2.24) is 15.5 Å². The summed E-state index contributed by atoms with van der Waals surface area (Å²) in [5.41, 5.74) is 0. The van der Waals surface area contributed by atoms with Crippen LogP contribution in [-0.4, -0.2) is 48.9 Å². The van der Waals surface area contributed by atoms with Crippen LogP contribution in [0.25, 0.3) is 0 Å². The smallest absolute Gasteiger partial charge is 0.234 e. The van der Waals surface area contributed by atoms with Crippen LogP contribution in [0, 0.1) is 5.92 Å². The lowest BCUT2D eigenvalue weighted by atomic mass is 10.3. The fraction of sp³-hybridized carbons (Fsp3) is 0.846. The summed E-state index contributed by atoms with van der Waals surface area (Å²) in [5.74, 6) is 1.02. The zero-order chi connectivity index (χ0) is 13.0. The number of hydrogen-bond donors (Lipinski definition) is 2. The second-order valence-corrected chi connectivity index (χ2v) is 5.49. The maximum atomic E-state index is 11.6. The molecule has 1 saturated carbocycles. The van der Waals surface area contributed by atoms with Gasteiger partial charge in [-0.1, -0.05) is 0 Å². The van der Waals surface area contributed by atoms with Gasteiger partial charge in [0.15, 0.2) is 0 Å². The van der Waals surface area contributed by atoms with Crippen LogP contribution in [0.2, 0.25) is 0 Å². The Hall–Kier alpha value is -0.810. The molecule has 0 aromatic carbocycles. The Morgan fingerprint density at radius 3 is 2.79 bits per heavy atom. The molecule has 1 saturated heterocycles. The molecule has 0 bridgehead atoms. The molecule has 2 N–H and O–H groups in total. The number of halogens is 1. The lowest BCUT2D eigenvalue weighted by Gasteiger charge is -2.21. The van der Waals surface area contributed by atoms with E-state index in [-0.39, 0.29) is 30.3 Å². The molecule has 1 heterocycles. The normalized spacial score (nSPS) is 20.1. The third kappa shape index (κ3) is 5.78. The van der Waals surface area contributed by atoms with Gasteiger partial charge in [-0.25, -0.2) is 0 Å². The van der Waals surface area contributed by atoms with Gasteiger partial charge in [-0.2, -0.15) is 0 Å². The van der Waals surface area contributed by atoms with Gasteiger partial charge in [0.2, 0.25) is 11.8 Å². The molecule has 2 rings (SSSR count). The first-order valence-electron chi connectivity index (χ1n) is 6.93. The lowest BCUT2D eigenvalue weighted by Crippen LogP contribution is -2.45. The van der Waals surface area contributed by atoms with Crippen molar-refractivity contribution in [3.63, 3.8) is 0 Å². The van der Waals surface area contributed by atoms with Crippen LogP contribution in [-0.2, 0) is 9.59 Å². The fourth-order valence-electron chi connectivity index (χ4n) is 2.31. The minimum absolute atomic E-state index is 0. The Morgan fingerprint density at radius 1 is 1.47 bits per heavy atom. The molecule has 2 amide bonds. The number of amides is 2. The number of nitrogens with zero attached hydrogens (tertiary/aromatic N) is 1. The minimum atomic E-state index is 0. The topological polar surface area (TPSA) is 61.4 Å². The fourth-order valence-corrected chi connectivity index (χ4v) is 2.31. The predicted octanol–water partition coefficient (Wildman–Crippen LogP) is 0.535. The molecule has 2 fully saturated rings. The van der Waals surface area contributed by atoms with Crippen LogP contribution in [0.5, 0.6) is 0 Å². The van der Waals surface area contributed by atoms with E-state index in [2.05, 4.69) is 10.6 Å². The molecule has 5 nitrogen and oxygen atoms in total. The molecule has 1 unspecified atom stereocenters. The largest absolute Gasteiger partial charge is 0.351 e. The average molecular weight is 290 g/mol. The molecule has 6 heteroatoms. The molecular formula is C13H24ClN3O2. The highest BCUT2D eigenvalue weighted by molar-refractivity contribution is 5.85. The van der Waals surface area contributed by atoms with Gasteiger partial charge in [0.25, 0.3) is 0 Å². The molecule has 1 aliphatic carbocycles. The average Bonchev–Trinajstić information content (AvgIpc) is 3.04. The molecule has 0 radical (unpaired) electrons. The number of rotatable bonds is 7. The van der Waals surface area contributed by atoms with Gasteiger partial charge < -0.3 is 15.5 Å². The van der Waals surface area contributed by atoms with Crippen LogP contribution in [0.4, 0.5) is 0 Å². The second kappa shape index (κ2) is 7.70. The highest BCUT2D eigenvalue weighted by Gasteiger charge is 2.23. The monoisotopic (exact) mass is 289 g/mol. The Balaban J connectivity index is 0.00000180. The van der Waals surface area contributed by atoms with Crippen LogP contribution in [0.1, 0.15) is 32.6 Å². The van der Waals surface area contributed by atoms with Crippen LogP contribution in [0.3, 0.4) is 0 Å². The Kier molecular flexibility index (Phi) is 6.58. The Labute approximate surface area is 120 Å². The number of carbonyl (C=O) groups is 2. The summed E-state index contributed by atoms with van der Waals surface area (Å²) in [5, 5.41) is 6.09. The third-order valence-corrected chi connectivity index (χ3v) is 3.49. The van der Waals surface area contributed by atoms with Crippen molar-refractivity contribution in [1.29, 1.82) is 0 Å². The number of likely N-dealkylation sites (tertiary alicyclic amines) is 1. The summed E-state index contributed by atoms with van der Waals surface area (Å²) in [6.45, 7) is 4.75. The minimum Gasteiger partial charge on any atom is -0.351 e. The molecule has 0 aromatic rings. The third-order valence-electron chi connectivity index (χ3n) is 3.49. The zero-order valence-corrected chi connectivity index (χ0v) is 12.3. The van der Waals surface area contributed by atoms with Crippen molar-refractivity contribution in [2.75, 3.05) is 26.2 Å². The highest BCUT2D eigenvalue weighted by Crippen LogP contribution is 2.27. The highest BCUT2D eigenvalue weighted by atomic mass is 35.5.